The van der Waals surface area contributed by atoms with Gasteiger partial charge in [-0.15, -0.1) is 0 Å². The van der Waals surface area contributed by atoms with Crippen molar-refractivity contribution >= 4 is 0 Å². The zero-order valence-electron chi connectivity index (χ0n) is 9.67. The minimum absolute atomic E-state index is 0.139. The van der Waals surface area contributed by atoms with Crippen molar-refractivity contribution < 1.29 is 4.39 Å². The van der Waals surface area contributed by atoms with Crippen molar-refractivity contribution in [1.82, 2.24) is 0 Å². The maximum Gasteiger partial charge on any atom is 0.123 e. The average Bonchev–Trinajstić information content (AvgIpc) is 2.29. The first-order valence-corrected chi connectivity index (χ1v) is 5.91. The Morgan fingerprint density at radius 1 is 1.31 bits per heavy atom. The zero-order valence-corrected chi connectivity index (χ0v) is 9.67. The lowest BCUT2D eigenvalue weighted by Crippen LogP contribution is -1.96. The molecule has 0 spiro atoms. The second kappa shape index (κ2) is 5.11. The van der Waals surface area contributed by atoms with Crippen LogP contribution >= 0.6 is 0 Å². The van der Waals surface area contributed by atoms with Crippen LogP contribution in [0.3, 0.4) is 0 Å². The van der Waals surface area contributed by atoms with E-state index in [-0.39, 0.29) is 5.82 Å². The number of hydrogen-bond acceptors (Lipinski definition) is 0. The van der Waals surface area contributed by atoms with Gasteiger partial charge in [-0.2, -0.15) is 0 Å². The molecule has 2 rings (SSSR count). The van der Waals surface area contributed by atoms with E-state index in [1.165, 1.54) is 17.2 Å². The van der Waals surface area contributed by atoms with Crippen LogP contribution in [0, 0.1) is 5.82 Å². The summed E-state index contributed by atoms with van der Waals surface area (Å²) in [5.41, 5.74) is 3.91. The molecular formula is C15H17F. The van der Waals surface area contributed by atoms with Gasteiger partial charge in [0, 0.05) is 0 Å². The monoisotopic (exact) mass is 216 g/mol. The van der Waals surface area contributed by atoms with Crippen molar-refractivity contribution in [1.29, 1.82) is 0 Å². The summed E-state index contributed by atoms with van der Waals surface area (Å²) in [6.45, 7) is 2.17. The molecule has 0 saturated heterocycles. The van der Waals surface area contributed by atoms with Crippen molar-refractivity contribution in [3.8, 4) is 0 Å². The summed E-state index contributed by atoms with van der Waals surface area (Å²) < 4.78 is 13.0. The van der Waals surface area contributed by atoms with E-state index in [1.54, 1.807) is 12.1 Å². The fourth-order valence-electron chi connectivity index (χ4n) is 2.13. The average molecular weight is 216 g/mol. The van der Waals surface area contributed by atoms with Gasteiger partial charge in [0.25, 0.3) is 0 Å². The molecular weight excluding hydrogens is 199 g/mol. The molecule has 1 aromatic rings. The van der Waals surface area contributed by atoms with Gasteiger partial charge in [0.05, 0.1) is 0 Å². The summed E-state index contributed by atoms with van der Waals surface area (Å²) in [5.74, 6) is -0.139. The van der Waals surface area contributed by atoms with Gasteiger partial charge in [-0.3, -0.25) is 0 Å². The van der Waals surface area contributed by atoms with Crippen LogP contribution in [0.1, 0.15) is 31.7 Å². The molecule has 0 amide bonds. The molecule has 0 atom stereocenters. The summed E-state index contributed by atoms with van der Waals surface area (Å²) in [4.78, 5) is 0. The highest BCUT2D eigenvalue weighted by Crippen LogP contribution is 2.22. The first-order valence-electron chi connectivity index (χ1n) is 5.91. The lowest BCUT2D eigenvalue weighted by Gasteiger charge is -2.13. The number of hydrogen-bond donors (Lipinski definition) is 0. The van der Waals surface area contributed by atoms with Crippen LogP contribution in [-0.2, 0) is 6.42 Å². The van der Waals surface area contributed by atoms with Crippen LogP contribution in [0.15, 0.2) is 47.6 Å². The van der Waals surface area contributed by atoms with Gasteiger partial charge < -0.3 is 0 Å². The molecule has 0 unspecified atom stereocenters. The van der Waals surface area contributed by atoms with E-state index in [2.05, 4.69) is 19.1 Å². The summed E-state index contributed by atoms with van der Waals surface area (Å²) in [7, 11) is 0. The van der Waals surface area contributed by atoms with E-state index in [1.807, 2.05) is 6.07 Å². The summed E-state index contributed by atoms with van der Waals surface area (Å²) in [5, 5.41) is 0. The van der Waals surface area contributed by atoms with Crippen LogP contribution in [0.2, 0.25) is 0 Å². The third-order valence-corrected chi connectivity index (χ3v) is 2.99. The SMILES string of the molecule is CCC1=CCCC(Cc2cccc(F)c2)=C1. The van der Waals surface area contributed by atoms with Crippen molar-refractivity contribution in [2.45, 2.75) is 32.6 Å². The largest absolute Gasteiger partial charge is 0.207 e. The molecule has 1 aliphatic carbocycles. The highest BCUT2D eigenvalue weighted by Gasteiger charge is 2.05. The van der Waals surface area contributed by atoms with Crippen molar-refractivity contribution in [2.24, 2.45) is 0 Å². The molecule has 1 aliphatic rings. The normalized spacial score (nSPS) is 15.6. The third kappa shape index (κ3) is 2.82. The van der Waals surface area contributed by atoms with Crippen LogP contribution in [0.5, 0.6) is 0 Å². The molecule has 0 heterocycles. The second-order valence-electron chi connectivity index (χ2n) is 4.28. The maximum atomic E-state index is 13.0. The smallest absolute Gasteiger partial charge is 0.123 e. The number of benzene rings is 1. The maximum absolute atomic E-state index is 13.0. The van der Waals surface area contributed by atoms with Crippen molar-refractivity contribution in [3.63, 3.8) is 0 Å². The Labute approximate surface area is 96.5 Å². The van der Waals surface area contributed by atoms with Gasteiger partial charge in [-0.25, -0.2) is 4.39 Å². The van der Waals surface area contributed by atoms with Gasteiger partial charge in [0.1, 0.15) is 5.82 Å². The van der Waals surface area contributed by atoms with Gasteiger partial charge in [-0.05, 0) is 43.4 Å². The van der Waals surface area contributed by atoms with Gasteiger partial charge >= 0.3 is 0 Å². The number of rotatable bonds is 3. The van der Waals surface area contributed by atoms with Crippen LogP contribution in [-0.4, -0.2) is 0 Å². The first-order chi connectivity index (χ1) is 7.78. The molecule has 0 fully saturated rings. The van der Waals surface area contributed by atoms with Gasteiger partial charge in [0.15, 0.2) is 0 Å². The fourth-order valence-corrected chi connectivity index (χ4v) is 2.13. The summed E-state index contributed by atoms with van der Waals surface area (Å²) in [6.07, 6.45) is 8.79. The number of halogens is 1. The van der Waals surface area contributed by atoms with Gasteiger partial charge in [-0.1, -0.05) is 42.4 Å². The fraction of sp³-hybridized carbons (Fsp3) is 0.333. The topological polar surface area (TPSA) is 0 Å². The minimum Gasteiger partial charge on any atom is -0.207 e. The summed E-state index contributed by atoms with van der Waals surface area (Å²) >= 11 is 0. The van der Waals surface area contributed by atoms with Crippen molar-refractivity contribution in [3.05, 3.63) is 58.9 Å². The lowest BCUT2D eigenvalue weighted by molar-refractivity contribution is 0.625. The molecule has 0 aliphatic heterocycles. The predicted octanol–water partition coefficient (Wildman–Crippen LogP) is 4.42. The predicted molar refractivity (Wildman–Crippen MR) is 65.8 cm³/mol. The summed E-state index contributed by atoms with van der Waals surface area (Å²) in [6, 6.07) is 6.90. The molecule has 1 heteroatoms. The number of allylic oxidation sites excluding steroid dienone is 4. The van der Waals surface area contributed by atoms with Crippen LogP contribution < -0.4 is 0 Å². The third-order valence-electron chi connectivity index (χ3n) is 2.99. The molecule has 0 radical (unpaired) electrons. The molecule has 0 N–H and O–H groups in total. The Morgan fingerprint density at radius 2 is 2.19 bits per heavy atom. The van der Waals surface area contributed by atoms with E-state index in [9.17, 15) is 4.39 Å². The van der Waals surface area contributed by atoms with Gasteiger partial charge in [0.2, 0.25) is 0 Å². The van der Waals surface area contributed by atoms with E-state index in [0.717, 1.165) is 31.2 Å². The van der Waals surface area contributed by atoms with E-state index >= 15 is 0 Å². The molecule has 0 nitrogen and oxygen atoms in total. The Morgan fingerprint density at radius 3 is 2.94 bits per heavy atom. The first kappa shape index (κ1) is 11.1. The highest BCUT2D eigenvalue weighted by molar-refractivity contribution is 5.31. The van der Waals surface area contributed by atoms with E-state index in [0.29, 0.717) is 0 Å². The van der Waals surface area contributed by atoms with Crippen LogP contribution in [0.25, 0.3) is 0 Å². The quantitative estimate of drug-likeness (QED) is 0.701. The Kier molecular flexibility index (Phi) is 3.55. The zero-order chi connectivity index (χ0) is 11.4. The Balaban J connectivity index is 2.10. The Hall–Kier alpha value is -1.37. The second-order valence-corrected chi connectivity index (χ2v) is 4.28. The molecule has 0 saturated carbocycles. The lowest BCUT2D eigenvalue weighted by atomic mass is 9.93. The van der Waals surface area contributed by atoms with E-state index in [4.69, 9.17) is 0 Å². The van der Waals surface area contributed by atoms with Crippen LogP contribution in [0.4, 0.5) is 4.39 Å². The van der Waals surface area contributed by atoms with E-state index < -0.39 is 0 Å². The Bertz CT molecular complexity index is 427. The highest BCUT2D eigenvalue weighted by atomic mass is 19.1. The minimum atomic E-state index is -0.139. The molecule has 16 heavy (non-hydrogen) atoms. The standard InChI is InChI=1S/C15H17F/c1-2-12-5-3-6-13(9-12)10-14-7-4-8-15(16)11-14/h4-5,7-9,11H,2-3,6,10H2,1H3. The molecule has 0 aromatic heterocycles. The molecule has 1 aromatic carbocycles. The molecule has 0 bridgehead atoms. The molecule has 84 valence electrons. The van der Waals surface area contributed by atoms with Crippen molar-refractivity contribution in [2.75, 3.05) is 0 Å².